The first kappa shape index (κ1) is 19.9. The fourth-order valence-electron chi connectivity index (χ4n) is 1.98. The highest BCUT2D eigenvalue weighted by molar-refractivity contribution is 7.16. The van der Waals surface area contributed by atoms with Crippen molar-refractivity contribution >= 4 is 45.8 Å². The zero-order valence-electron chi connectivity index (χ0n) is 14.2. The number of carbonyl (C=O) groups excluding carboxylic acids is 3. The molecule has 0 spiro atoms. The van der Waals surface area contributed by atoms with E-state index < -0.39 is 24.5 Å². The Bertz CT molecular complexity index is 821. The number of rotatable bonds is 7. The molecule has 2 aromatic heterocycles. The maximum atomic E-state index is 12.1. The van der Waals surface area contributed by atoms with Crippen LogP contribution < -0.4 is 5.32 Å². The van der Waals surface area contributed by atoms with Crippen LogP contribution in [0.4, 0.5) is 5.00 Å². The van der Waals surface area contributed by atoms with Gasteiger partial charge in [0.05, 0.1) is 17.7 Å². The molecule has 0 fully saturated rings. The Kier molecular flexibility index (Phi) is 7.11. The molecule has 138 valence electrons. The molecular formula is C17H17ClN2O5S. The summed E-state index contributed by atoms with van der Waals surface area (Å²) in [6.45, 7) is 3.37. The molecule has 0 saturated heterocycles. The van der Waals surface area contributed by atoms with Crippen LogP contribution in [0.25, 0.3) is 0 Å². The number of anilines is 1. The molecule has 1 N–H and O–H groups in total. The highest BCUT2D eigenvalue weighted by Gasteiger charge is 2.19. The maximum absolute atomic E-state index is 12.1. The predicted octanol–water partition coefficient (Wildman–Crippen LogP) is 3.33. The van der Waals surface area contributed by atoms with Gasteiger partial charge in [-0.1, -0.05) is 18.5 Å². The van der Waals surface area contributed by atoms with Gasteiger partial charge in [0.1, 0.15) is 10.2 Å². The number of esters is 2. The van der Waals surface area contributed by atoms with E-state index in [1.54, 1.807) is 13.0 Å². The van der Waals surface area contributed by atoms with E-state index in [4.69, 9.17) is 21.1 Å². The maximum Gasteiger partial charge on any atom is 0.341 e. The minimum atomic E-state index is -0.699. The van der Waals surface area contributed by atoms with Crippen molar-refractivity contribution in [3.05, 3.63) is 45.6 Å². The van der Waals surface area contributed by atoms with Gasteiger partial charge in [-0.25, -0.2) is 14.6 Å². The van der Waals surface area contributed by atoms with Crippen molar-refractivity contribution < 1.29 is 23.9 Å². The first-order valence-electron chi connectivity index (χ1n) is 7.83. The molecule has 0 saturated carbocycles. The van der Waals surface area contributed by atoms with Crippen molar-refractivity contribution in [1.29, 1.82) is 0 Å². The second kappa shape index (κ2) is 9.30. The van der Waals surface area contributed by atoms with Crippen molar-refractivity contribution in [2.75, 3.05) is 18.5 Å². The fourth-order valence-corrected chi connectivity index (χ4v) is 3.15. The molecular weight excluding hydrogens is 380 g/mol. The lowest BCUT2D eigenvalue weighted by molar-refractivity contribution is -0.119. The second-order valence-corrected chi connectivity index (χ2v) is 6.55. The molecule has 0 aromatic carbocycles. The average molecular weight is 397 g/mol. The SMILES string of the molecule is CCOC(=O)c1cc(CC)sc1NC(=O)COC(=O)c1ccnc(Cl)c1. The van der Waals surface area contributed by atoms with Gasteiger partial charge in [0.25, 0.3) is 5.91 Å². The average Bonchev–Trinajstić information content (AvgIpc) is 3.03. The molecule has 0 aliphatic carbocycles. The third kappa shape index (κ3) is 5.27. The van der Waals surface area contributed by atoms with Crippen LogP contribution in [0.3, 0.4) is 0 Å². The molecule has 2 rings (SSSR count). The highest BCUT2D eigenvalue weighted by atomic mass is 35.5. The van der Waals surface area contributed by atoms with Gasteiger partial charge < -0.3 is 14.8 Å². The number of nitrogens with zero attached hydrogens (tertiary/aromatic N) is 1. The molecule has 7 nitrogen and oxygen atoms in total. The van der Waals surface area contributed by atoms with E-state index in [9.17, 15) is 14.4 Å². The summed E-state index contributed by atoms with van der Waals surface area (Å²) in [5.74, 6) is -1.77. The minimum absolute atomic E-state index is 0.147. The van der Waals surface area contributed by atoms with Crippen LogP contribution in [0.1, 0.15) is 39.4 Å². The molecule has 9 heteroatoms. The van der Waals surface area contributed by atoms with Crippen LogP contribution in [0.15, 0.2) is 24.4 Å². The summed E-state index contributed by atoms with van der Waals surface area (Å²) in [7, 11) is 0. The Hall–Kier alpha value is -2.45. The molecule has 0 bridgehead atoms. The monoisotopic (exact) mass is 396 g/mol. The number of thiophene rings is 1. The Morgan fingerprint density at radius 3 is 2.62 bits per heavy atom. The largest absolute Gasteiger partial charge is 0.462 e. The van der Waals surface area contributed by atoms with E-state index in [1.165, 1.54) is 29.7 Å². The summed E-state index contributed by atoms with van der Waals surface area (Å²) in [4.78, 5) is 40.7. The van der Waals surface area contributed by atoms with Gasteiger partial charge in [0.15, 0.2) is 6.61 Å². The molecule has 0 radical (unpaired) electrons. The van der Waals surface area contributed by atoms with E-state index in [0.717, 1.165) is 4.88 Å². The van der Waals surface area contributed by atoms with Crippen LogP contribution in [-0.2, 0) is 20.7 Å². The van der Waals surface area contributed by atoms with Crippen molar-refractivity contribution in [3.63, 3.8) is 0 Å². The van der Waals surface area contributed by atoms with Gasteiger partial charge in [-0.05, 0) is 31.5 Å². The number of hydrogen-bond donors (Lipinski definition) is 1. The predicted molar refractivity (Wildman–Crippen MR) is 97.8 cm³/mol. The summed E-state index contributed by atoms with van der Waals surface area (Å²) < 4.78 is 9.94. The lowest BCUT2D eigenvalue weighted by Gasteiger charge is -2.07. The summed E-state index contributed by atoms with van der Waals surface area (Å²) in [6.07, 6.45) is 2.08. The summed E-state index contributed by atoms with van der Waals surface area (Å²) >= 11 is 6.98. The molecule has 0 aliphatic heterocycles. The highest BCUT2D eigenvalue weighted by Crippen LogP contribution is 2.29. The van der Waals surface area contributed by atoms with Crippen molar-refractivity contribution in [3.8, 4) is 0 Å². The Morgan fingerprint density at radius 2 is 1.96 bits per heavy atom. The molecule has 0 atom stereocenters. The minimum Gasteiger partial charge on any atom is -0.462 e. The normalized spacial score (nSPS) is 10.3. The third-order valence-corrected chi connectivity index (χ3v) is 4.58. The third-order valence-electron chi connectivity index (χ3n) is 3.18. The van der Waals surface area contributed by atoms with Crippen molar-refractivity contribution in [2.45, 2.75) is 20.3 Å². The summed E-state index contributed by atoms with van der Waals surface area (Å²) in [5.41, 5.74) is 0.476. The number of aromatic nitrogens is 1. The molecule has 2 heterocycles. The lowest BCUT2D eigenvalue weighted by Crippen LogP contribution is -2.21. The van der Waals surface area contributed by atoms with Gasteiger partial charge >= 0.3 is 11.9 Å². The van der Waals surface area contributed by atoms with Crippen LogP contribution in [0.2, 0.25) is 5.15 Å². The Balaban J connectivity index is 2.00. The number of hydrogen-bond acceptors (Lipinski definition) is 7. The number of amides is 1. The summed E-state index contributed by atoms with van der Waals surface area (Å²) in [6, 6.07) is 4.45. The lowest BCUT2D eigenvalue weighted by atomic mass is 10.2. The van der Waals surface area contributed by atoms with Crippen LogP contribution in [0.5, 0.6) is 0 Å². The number of pyridine rings is 1. The van der Waals surface area contributed by atoms with Crippen LogP contribution in [-0.4, -0.2) is 36.0 Å². The van der Waals surface area contributed by atoms with E-state index in [1.807, 2.05) is 6.92 Å². The number of aryl methyl sites for hydroxylation is 1. The second-order valence-electron chi connectivity index (χ2n) is 5.02. The summed E-state index contributed by atoms with van der Waals surface area (Å²) in [5, 5.41) is 3.10. The van der Waals surface area contributed by atoms with E-state index >= 15 is 0 Å². The van der Waals surface area contributed by atoms with E-state index in [0.29, 0.717) is 11.4 Å². The Labute approximate surface area is 159 Å². The van der Waals surface area contributed by atoms with Gasteiger partial charge in [-0.2, -0.15) is 0 Å². The first-order valence-corrected chi connectivity index (χ1v) is 9.02. The number of nitrogens with one attached hydrogen (secondary N) is 1. The zero-order valence-corrected chi connectivity index (χ0v) is 15.8. The molecule has 0 unspecified atom stereocenters. The quantitative estimate of drug-likeness (QED) is 0.569. The standard InChI is InChI=1S/C17H17ClN2O5S/c1-3-11-8-12(17(23)24-4-2)15(26-11)20-14(21)9-25-16(22)10-5-6-19-13(18)7-10/h5-8H,3-4,9H2,1-2H3,(H,20,21). The molecule has 1 amide bonds. The van der Waals surface area contributed by atoms with Gasteiger partial charge in [-0.15, -0.1) is 11.3 Å². The van der Waals surface area contributed by atoms with Crippen molar-refractivity contribution in [1.82, 2.24) is 4.98 Å². The smallest absolute Gasteiger partial charge is 0.341 e. The fraction of sp³-hybridized carbons (Fsp3) is 0.294. The van der Waals surface area contributed by atoms with Gasteiger partial charge in [-0.3, -0.25) is 4.79 Å². The molecule has 26 heavy (non-hydrogen) atoms. The van der Waals surface area contributed by atoms with Crippen molar-refractivity contribution in [2.24, 2.45) is 0 Å². The topological polar surface area (TPSA) is 94.6 Å². The Morgan fingerprint density at radius 1 is 1.19 bits per heavy atom. The number of carbonyl (C=O) groups is 3. The zero-order chi connectivity index (χ0) is 19.1. The van der Waals surface area contributed by atoms with Crippen LogP contribution in [0, 0.1) is 0 Å². The molecule has 2 aromatic rings. The van der Waals surface area contributed by atoms with Crippen LogP contribution >= 0.6 is 22.9 Å². The first-order chi connectivity index (χ1) is 12.4. The van der Waals surface area contributed by atoms with Gasteiger partial charge in [0, 0.05) is 11.1 Å². The number of ether oxygens (including phenoxy) is 2. The number of halogens is 1. The van der Waals surface area contributed by atoms with Gasteiger partial charge in [0.2, 0.25) is 0 Å². The van der Waals surface area contributed by atoms with E-state index in [2.05, 4.69) is 10.3 Å². The van der Waals surface area contributed by atoms with E-state index in [-0.39, 0.29) is 22.9 Å². The molecule has 0 aliphatic rings.